The number of carbonyl (C=O) groups is 1. The molecule has 0 bridgehead atoms. The number of halogens is 1. The summed E-state index contributed by atoms with van der Waals surface area (Å²) in [5, 5.41) is 1.64. The van der Waals surface area contributed by atoms with E-state index in [4.69, 9.17) is 0 Å². The van der Waals surface area contributed by atoms with Gasteiger partial charge >= 0.3 is 0 Å². The fraction of sp³-hybridized carbons (Fsp3) is 0.100. The molecule has 0 saturated carbocycles. The predicted octanol–water partition coefficient (Wildman–Crippen LogP) is 3.16. The van der Waals surface area contributed by atoms with Gasteiger partial charge in [0.25, 0.3) is 5.91 Å². The maximum absolute atomic E-state index is 13.5. The van der Waals surface area contributed by atoms with Crippen LogP contribution >= 0.6 is 0 Å². The van der Waals surface area contributed by atoms with Gasteiger partial charge in [0.1, 0.15) is 11.5 Å². The van der Waals surface area contributed by atoms with Crippen LogP contribution in [0.25, 0.3) is 17.1 Å². The van der Waals surface area contributed by atoms with Crippen LogP contribution in [0.15, 0.2) is 55.4 Å². The molecule has 0 unspecified atom stereocenters. The number of hydrogen-bond donors (Lipinski definition) is 1. The van der Waals surface area contributed by atoms with Crippen LogP contribution in [0, 0.1) is 12.7 Å². The second-order valence-electron chi connectivity index (χ2n) is 6.20. The molecule has 3 aromatic rings. The molecule has 0 saturated heterocycles. The summed E-state index contributed by atoms with van der Waals surface area (Å²) < 4.78 is 13.5. The number of hydrogen-bond acceptors (Lipinski definition) is 5. The van der Waals surface area contributed by atoms with E-state index < -0.39 is 0 Å². The zero-order chi connectivity index (χ0) is 19.0. The van der Waals surface area contributed by atoms with Crippen molar-refractivity contribution in [2.45, 2.75) is 6.92 Å². The molecule has 0 spiro atoms. The molecule has 3 heterocycles. The fourth-order valence-electron chi connectivity index (χ4n) is 2.98. The van der Waals surface area contributed by atoms with E-state index in [1.807, 2.05) is 12.1 Å². The number of nitrogens with zero attached hydrogens (tertiary/aromatic N) is 4. The molecule has 0 atom stereocenters. The third kappa shape index (κ3) is 3.15. The summed E-state index contributed by atoms with van der Waals surface area (Å²) in [6, 6.07) is 9.86. The van der Waals surface area contributed by atoms with E-state index in [-0.39, 0.29) is 11.7 Å². The largest absolute Gasteiger partial charge is 0.280 e. The number of pyridine rings is 1. The van der Waals surface area contributed by atoms with Crippen molar-refractivity contribution in [3.63, 3.8) is 0 Å². The van der Waals surface area contributed by atoms with E-state index in [1.165, 1.54) is 18.3 Å². The lowest BCUT2D eigenvalue weighted by molar-refractivity contribution is 0.0949. The molecule has 1 N–H and O–H groups in total. The molecule has 1 aromatic carbocycles. The number of hydrazine groups is 1. The van der Waals surface area contributed by atoms with E-state index in [1.54, 1.807) is 30.3 Å². The highest BCUT2D eigenvalue weighted by molar-refractivity contribution is 5.97. The summed E-state index contributed by atoms with van der Waals surface area (Å²) in [7, 11) is 0. The van der Waals surface area contributed by atoms with Gasteiger partial charge < -0.3 is 0 Å². The van der Waals surface area contributed by atoms with Gasteiger partial charge in [0, 0.05) is 18.0 Å². The number of fused-ring (bicyclic) bond motifs is 1. The minimum absolute atomic E-state index is 0.336. The summed E-state index contributed by atoms with van der Waals surface area (Å²) in [6.45, 7) is 6.07. The summed E-state index contributed by atoms with van der Waals surface area (Å²) in [5.74, 6) is -0.220. The first-order chi connectivity index (χ1) is 13.0. The second-order valence-corrected chi connectivity index (χ2v) is 6.20. The Morgan fingerprint density at radius 1 is 1.26 bits per heavy atom. The number of nitrogens with one attached hydrogen (secondary N) is 1. The van der Waals surface area contributed by atoms with Crippen molar-refractivity contribution in [2.24, 2.45) is 0 Å². The van der Waals surface area contributed by atoms with E-state index in [0.29, 0.717) is 40.6 Å². The standard InChI is InChI=1S/C20H16FN5O/c1-12-11-26(18-7-6-14(21)9-15(12)18)25-20(27)16-10-23-19(24-13(16)2)17-5-3-4-8-22-17/h3-10H,1,11H2,2H3,(H,25,27). The first kappa shape index (κ1) is 16.8. The van der Waals surface area contributed by atoms with Crippen LogP contribution in [0.2, 0.25) is 0 Å². The molecule has 1 aliphatic rings. The topological polar surface area (TPSA) is 71.0 Å². The Balaban J connectivity index is 1.57. The van der Waals surface area contributed by atoms with Crippen molar-refractivity contribution in [3.05, 3.63) is 78.0 Å². The van der Waals surface area contributed by atoms with Gasteiger partial charge in [-0.15, -0.1) is 0 Å². The first-order valence-electron chi connectivity index (χ1n) is 8.34. The average Bonchev–Trinajstić information content (AvgIpc) is 2.97. The second kappa shape index (κ2) is 6.60. The summed E-state index contributed by atoms with van der Waals surface area (Å²) in [5.41, 5.74) is 6.49. The molecule has 7 heteroatoms. The third-order valence-electron chi connectivity index (χ3n) is 4.33. The van der Waals surface area contributed by atoms with E-state index in [2.05, 4.69) is 27.0 Å². The predicted molar refractivity (Wildman–Crippen MR) is 100 cm³/mol. The molecule has 0 radical (unpaired) electrons. The zero-order valence-corrected chi connectivity index (χ0v) is 14.6. The van der Waals surface area contributed by atoms with Crippen molar-refractivity contribution in [2.75, 3.05) is 11.6 Å². The molecule has 4 rings (SSSR count). The lowest BCUT2D eigenvalue weighted by Crippen LogP contribution is -2.41. The van der Waals surface area contributed by atoms with Gasteiger partial charge in [-0.25, -0.2) is 14.4 Å². The Bertz CT molecular complexity index is 1050. The van der Waals surface area contributed by atoms with Gasteiger partial charge in [0.15, 0.2) is 5.82 Å². The van der Waals surface area contributed by atoms with Crippen LogP contribution in [-0.4, -0.2) is 27.4 Å². The average molecular weight is 361 g/mol. The Morgan fingerprint density at radius 3 is 2.85 bits per heavy atom. The van der Waals surface area contributed by atoms with Crippen molar-refractivity contribution in [3.8, 4) is 11.5 Å². The van der Waals surface area contributed by atoms with Gasteiger partial charge in [-0.1, -0.05) is 12.6 Å². The highest BCUT2D eigenvalue weighted by atomic mass is 19.1. The Morgan fingerprint density at radius 2 is 2.11 bits per heavy atom. The van der Waals surface area contributed by atoms with Crippen LogP contribution in [0.3, 0.4) is 0 Å². The maximum atomic E-state index is 13.5. The molecular weight excluding hydrogens is 345 g/mol. The van der Waals surface area contributed by atoms with Gasteiger partial charge in [-0.2, -0.15) is 0 Å². The lowest BCUT2D eigenvalue weighted by Gasteiger charge is -2.20. The normalized spacial score (nSPS) is 12.8. The van der Waals surface area contributed by atoms with Gasteiger partial charge in [-0.3, -0.25) is 20.2 Å². The zero-order valence-electron chi connectivity index (χ0n) is 14.6. The van der Waals surface area contributed by atoms with Crippen LogP contribution in [0.1, 0.15) is 21.6 Å². The van der Waals surface area contributed by atoms with Gasteiger partial charge in [-0.05, 0) is 42.8 Å². The van der Waals surface area contributed by atoms with Crippen molar-refractivity contribution in [1.82, 2.24) is 20.4 Å². The fourth-order valence-corrected chi connectivity index (χ4v) is 2.98. The van der Waals surface area contributed by atoms with Crippen LogP contribution in [0.5, 0.6) is 0 Å². The number of amides is 1. The molecular formula is C20H16FN5O. The minimum atomic E-state index is -0.343. The minimum Gasteiger partial charge on any atom is -0.280 e. The molecule has 1 aliphatic heterocycles. The monoisotopic (exact) mass is 361 g/mol. The smallest absolute Gasteiger partial charge is 0.273 e. The highest BCUT2D eigenvalue weighted by Gasteiger charge is 2.25. The Hall–Kier alpha value is -3.61. The van der Waals surface area contributed by atoms with Crippen LogP contribution in [-0.2, 0) is 0 Å². The SMILES string of the molecule is C=C1CN(NC(=O)c2cnc(-c3ccccn3)nc2C)c2ccc(F)cc21. The van der Waals surface area contributed by atoms with Gasteiger partial charge in [0.05, 0.1) is 23.5 Å². The Kier molecular flexibility index (Phi) is 4.12. The molecule has 27 heavy (non-hydrogen) atoms. The van der Waals surface area contributed by atoms with Crippen molar-refractivity contribution >= 4 is 17.2 Å². The number of rotatable bonds is 3. The maximum Gasteiger partial charge on any atom is 0.273 e. The summed E-state index contributed by atoms with van der Waals surface area (Å²) >= 11 is 0. The van der Waals surface area contributed by atoms with E-state index >= 15 is 0 Å². The number of aryl methyl sites for hydroxylation is 1. The highest BCUT2D eigenvalue weighted by Crippen LogP contribution is 2.33. The molecule has 6 nitrogen and oxygen atoms in total. The van der Waals surface area contributed by atoms with Crippen molar-refractivity contribution in [1.29, 1.82) is 0 Å². The molecule has 134 valence electrons. The lowest BCUT2D eigenvalue weighted by atomic mass is 10.1. The Labute approximate surface area is 155 Å². The van der Waals surface area contributed by atoms with Crippen LogP contribution in [0.4, 0.5) is 10.1 Å². The quantitative estimate of drug-likeness (QED) is 0.776. The molecule has 0 fully saturated rings. The summed E-state index contributed by atoms with van der Waals surface area (Å²) in [4.78, 5) is 25.6. The molecule has 2 aromatic heterocycles. The van der Waals surface area contributed by atoms with E-state index in [9.17, 15) is 9.18 Å². The number of carbonyl (C=O) groups excluding carboxylic acids is 1. The molecule has 1 amide bonds. The third-order valence-corrected chi connectivity index (χ3v) is 4.33. The number of benzene rings is 1. The number of anilines is 1. The molecule has 0 aliphatic carbocycles. The van der Waals surface area contributed by atoms with Crippen LogP contribution < -0.4 is 10.4 Å². The summed E-state index contributed by atoms with van der Waals surface area (Å²) in [6.07, 6.45) is 3.15. The number of aromatic nitrogens is 3. The van der Waals surface area contributed by atoms with Gasteiger partial charge in [0.2, 0.25) is 0 Å². The van der Waals surface area contributed by atoms with Crippen molar-refractivity contribution < 1.29 is 9.18 Å². The first-order valence-corrected chi connectivity index (χ1v) is 8.34. The van der Waals surface area contributed by atoms with E-state index in [0.717, 1.165) is 5.57 Å².